The molecule has 1 saturated heterocycles. The Kier molecular flexibility index (Phi) is 4.32. The summed E-state index contributed by atoms with van der Waals surface area (Å²) in [6.45, 7) is 5.09. The molecule has 1 atom stereocenters. The van der Waals surface area contributed by atoms with Gasteiger partial charge in [0.25, 0.3) is 5.91 Å². The molecule has 1 aliphatic heterocycles. The van der Waals surface area contributed by atoms with Crippen molar-refractivity contribution in [2.45, 2.75) is 19.8 Å². The summed E-state index contributed by atoms with van der Waals surface area (Å²) in [4.78, 5) is 11.5. The fraction of sp³-hybridized carbons (Fsp3) is 0.500. The van der Waals surface area contributed by atoms with Crippen molar-refractivity contribution in [2.75, 3.05) is 25.0 Å². The fourth-order valence-corrected chi connectivity index (χ4v) is 2.77. The molecule has 0 bridgehead atoms. The van der Waals surface area contributed by atoms with Crippen LogP contribution in [-0.2, 0) is 0 Å². The minimum absolute atomic E-state index is 0.190. The molecule has 0 aliphatic carbocycles. The van der Waals surface area contributed by atoms with Crippen molar-refractivity contribution in [2.24, 2.45) is 11.1 Å². The van der Waals surface area contributed by atoms with E-state index < -0.39 is 5.91 Å². The molecule has 1 aliphatic rings. The lowest BCUT2D eigenvalue weighted by molar-refractivity contribution is 0.100. The van der Waals surface area contributed by atoms with Crippen LogP contribution in [0, 0.1) is 5.41 Å². The monoisotopic (exact) mass is 281 g/mol. The van der Waals surface area contributed by atoms with E-state index in [1.165, 1.54) is 12.8 Å². The van der Waals surface area contributed by atoms with Crippen LogP contribution in [0.15, 0.2) is 18.2 Å². The molecule has 1 unspecified atom stereocenters. The first-order chi connectivity index (χ1) is 9.02. The van der Waals surface area contributed by atoms with E-state index in [2.05, 4.69) is 17.6 Å². The maximum Gasteiger partial charge on any atom is 0.252 e. The number of rotatable bonds is 4. The van der Waals surface area contributed by atoms with Crippen molar-refractivity contribution in [3.05, 3.63) is 28.8 Å². The van der Waals surface area contributed by atoms with E-state index in [4.69, 9.17) is 17.3 Å². The number of halogens is 1. The molecule has 1 aromatic rings. The molecule has 1 amide bonds. The molecule has 1 heterocycles. The molecule has 5 heteroatoms. The summed E-state index contributed by atoms with van der Waals surface area (Å²) >= 11 is 6.03. The molecular weight excluding hydrogens is 262 g/mol. The van der Waals surface area contributed by atoms with Crippen LogP contribution in [0.2, 0.25) is 5.02 Å². The third kappa shape index (κ3) is 3.39. The largest absolute Gasteiger partial charge is 0.384 e. The van der Waals surface area contributed by atoms with Gasteiger partial charge in [-0.25, -0.2) is 0 Å². The van der Waals surface area contributed by atoms with Crippen LogP contribution < -0.4 is 16.4 Å². The summed E-state index contributed by atoms with van der Waals surface area (Å²) in [6.07, 6.45) is 2.34. The van der Waals surface area contributed by atoms with E-state index in [-0.39, 0.29) is 5.41 Å². The number of hydrogen-bond acceptors (Lipinski definition) is 3. The molecule has 1 aromatic carbocycles. The minimum atomic E-state index is -0.500. The lowest BCUT2D eigenvalue weighted by Gasteiger charge is -2.34. The fourth-order valence-electron chi connectivity index (χ4n) is 2.50. The molecule has 4 nitrogen and oxygen atoms in total. The summed E-state index contributed by atoms with van der Waals surface area (Å²) in [5.74, 6) is -0.500. The van der Waals surface area contributed by atoms with Crippen LogP contribution in [0.4, 0.5) is 5.69 Å². The van der Waals surface area contributed by atoms with Crippen molar-refractivity contribution in [3.8, 4) is 0 Å². The van der Waals surface area contributed by atoms with Crippen molar-refractivity contribution < 1.29 is 4.79 Å². The van der Waals surface area contributed by atoms with Gasteiger partial charge >= 0.3 is 0 Å². The molecular formula is C14H20ClN3O. The van der Waals surface area contributed by atoms with E-state index in [1.807, 2.05) is 12.1 Å². The average Bonchev–Trinajstić information content (AvgIpc) is 2.37. The highest BCUT2D eigenvalue weighted by Gasteiger charge is 2.26. The van der Waals surface area contributed by atoms with Gasteiger partial charge in [0.2, 0.25) is 0 Å². The predicted octanol–water partition coefficient (Wildman–Crippen LogP) is 2.24. The first-order valence-corrected chi connectivity index (χ1v) is 6.93. The highest BCUT2D eigenvalue weighted by atomic mass is 35.5. The van der Waals surface area contributed by atoms with Crippen LogP contribution in [0.3, 0.4) is 0 Å². The summed E-state index contributed by atoms with van der Waals surface area (Å²) in [7, 11) is 0. The molecule has 0 spiro atoms. The van der Waals surface area contributed by atoms with Crippen LogP contribution in [0.5, 0.6) is 0 Å². The Labute approximate surface area is 118 Å². The number of primary amides is 1. The summed E-state index contributed by atoms with van der Waals surface area (Å²) < 4.78 is 0. The van der Waals surface area contributed by atoms with Gasteiger partial charge in [-0.05, 0) is 36.9 Å². The maximum atomic E-state index is 11.5. The third-order valence-corrected chi connectivity index (χ3v) is 3.97. The highest BCUT2D eigenvalue weighted by Crippen LogP contribution is 2.28. The predicted molar refractivity (Wildman–Crippen MR) is 78.7 cm³/mol. The van der Waals surface area contributed by atoms with Gasteiger partial charge in [-0.1, -0.05) is 24.6 Å². The van der Waals surface area contributed by atoms with Gasteiger partial charge < -0.3 is 16.4 Å². The Hall–Kier alpha value is -1.26. The molecule has 104 valence electrons. The van der Waals surface area contributed by atoms with E-state index in [1.54, 1.807) is 6.07 Å². The molecule has 1 fully saturated rings. The lowest BCUT2D eigenvalue weighted by atomic mass is 9.82. The number of nitrogens with one attached hydrogen (secondary N) is 2. The summed E-state index contributed by atoms with van der Waals surface area (Å²) in [5.41, 5.74) is 6.66. The minimum Gasteiger partial charge on any atom is -0.384 e. The number of carbonyl (C=O) groups is 1. The summed E-state index contributed by atoms with van der Waals surface area (Å²) in [6, 6.07) is 5.33. The second kappa shape index (κ2) is 5.80. The van der Waals surface area contributed by atoms with Gasteiger partial charge in [-0.3, -0.25) is 4.79 Å². The van der Waals surface area contributed by atoms with E-state index >= 15 is 0 Å². The van der Waals surface area contributed by atoms with E-state index in [9.17, 15) is 4.79 Å². The number of anilines is 1. The van der Waals surface area contributed by atoms with Crippen LogP contribution in [0.25, 0.3) is 0 Å². The number of amides is 1. The smallest absolute Gasteiger partial charge is 0.252 e. The first-order valence-electron chi connectivity index (χ1n) is 6.55. The normalized spacial score (nSPS) is 23.1. The van der Waals surface area contributed by atoms with Gasteiger partial charge in [0.15, 0.2) is 0 Å². The highest BCUT2D eigenvalue weighted by molar-refractivity contribution is 6.34. The zero-order valence-electron chi connectivity index (χ0n) is 11.1. The third-order valence-electron chi connectivity index (χ3n) is 3.65. The quantitative estimate of drug-likeness (QED) is 0.793. The van der Waals surface area contributed by atoms with Gasteiger partial charge in [-0.2, -0.15) is 0 Å². The van der Waals surface area contributed by atoms with Crippen LogP contribution in [0.1, 0.15) is 30.1 Å². The Morgan fingerprint density at radius 1 is 1.58 bits per heavy atom. The van der Waals surface area contributed by atoms with Gasteiger partial charge in [0.05, 0.1) is 10.6 Å². The SMILES string of the molecule is CC1(CNc2cccc(Cl)c2C(N)=O)CCCNC1. The standard InChI is InChI=1S/C14H20ClN3O/c1-14(6-3-7-17-8-14)9-18-11-5-2-4-10(15)12(11)13(16)19/h2,4-5,17-18H,3,6-9H2,1H3,(H2,16,19). The van der Waals surface area contributed by atoms with Crippen molar-refractivity contribution in [3.63, 3.8) is 0 Å². The Bertz CT molecular complexity index is 470. The van der Waals surface area contributed by atoms with Crippen molar-refractivity contribution >= 4 is 23.2 Å². The maximum absolute atomic E-state index is 11.5. The summed E-state index contributed by atoms with van der Waals surface area (Å²) in [5, 5.41) is 7.12. The zero-order chi connectivity index (χ0) is 13.9. The number of nitrogens with two attached hydrogens (primary N) is 1. The molecule has 4 N–H and O–H groups in total. The second-order valence-corrected chi connectivity index (χ2v) is 5.88. The van der Waals surface area contributed by atoms with Crippen LogP contribution in [-0.4, -0.2) is 25.5 Å². The second-order valence-electron chi connectivity index (χ2n) is 5.47. The number of benzene rings is 1. The van der Waals surface area contributed by atoms with Crippen molar-refractivity contribution in [1.29, 1.82) is 0 Å². The molecule has 0 radical (unpaired) electrons. The lowest BCUT2D eigenvalue weighted by Crippen LogP contribution is -2.42. The van der Waals surface area contributed by atoms with Crippen molar-refractivity contribution in [1.82, 2.24) is 5.32 Å². The molecule has 2 rings (SSSR count). The first kappa shape index (κ1) is 14.2. The van der Waals surface area contributed by atoms with Gasteiger partial charge in [-0.15, -0.1) is 0 Å². The number of piperidine rings is 1. The van der Waals surface area contributed by atoms with E-state index in [0.29, 0.717) is 16.3 Å². The molecule has 19 heavy (non-hydrogen) atoms. The number of carbonyl (C=O) groups excluding carboxylic acids is 1. The topological polar surface area (TPSA) is 67.1 Å². The van der Waals surface area contributed by atoms with E-state index in [0.717, 1.165) is 19.6 Å². The number of hydrogen-bond donors (Lipinski definition) is 3. The molecule has 0 saturated carbocycles. The Morgan fingerprint density at radius 3 is 3.00 bits per heavy atom. The van der Waals surface area contributed by atoms with Gasteiger partial charge in [0, 0.05) is 18.8 Å². The zero-order valence-corrected chi connectivity index (χ0v) is 11.9. The molecule has 0 aromatic heterocycles. The Morgan fingerprint density at radius 2 is 2.37 bits per heavy atom. The van der Waals surface area contributed by atoms with Crippen LogP contribution >= 0.6 is 11.6 Å². The average molecular weight is 282 g/mol. The van der Waals surface area contributed by atoms with Gasteiger partial charge in [0.1, 0.15) is 0 Å². The Balaban J connectivity index is 2.11.